The molecule has 0 aliphatic rings. The number of halogens is 8. The number of alkyl halides is 4. The predicted octanol–water partition coefficient (Wildman–Crippen LogP) is 13.0. The largest absolute Gasteiger partial charge is 0.473 e. The van der Waals surface area contributed by atoms with Crippen molar-refractivity contribution in [3.63, 3.8) is 0 Å². The molecule has 0 aliphatic heterocycles. The first-order chi connectivity index (χ1) is 45.0. The lowest BCUT2D eigenvalue weighted by Gasteiger charge is -2.12. The summed E-state index contributed by atoms with van der Waals surface area (Å²) < 4.78 is 149. The molecule has 93 heavy (non-hydrogen) atoms. The molecular weight excluding hydrogens is 1220 g/mol. The van der Waals surface area contributed by atoms with Crippen molar-refractivity contribution in [2.45, 2.75) is 52.2 Å². The summed E-state index contributed by atoms with van der Waals surface area (Å²) in [7, 11) is 2.97. The van der Waals surface area contributed by atoms with E-state index < -0.39 is 48.3 Å². The first-order valence-corrected chi connectivity index (χ1v) is 28.5. The Morgan fingerprint density at radius 1 is 0.484 bits per heavy atom. The van der Waals surface area contributed by atoms with Gasteiger partial charge in [0, 0.05) is 110 Å². The molecule has 0 bridgehead atoms. The van der Waals surface area contributed by atoms with Crippen molar-refractivity contribution in [3.8, 4) is 56.8 Å². The zero-order chi connectivity index (χ0) is 64.9. The number of hydrogen-bond acceptors (Lipinski definition) is 15. The van der Waals surface area contributed by atoms with Crippen molar-refractivity contribution in [1.82, 2.24) is 58.6 Å². The molecular formula is C66H50F8N12O7. The minimum atomic E-state index is -2.79. The molecule has 0 atom stereocenters. The molecule has 0 radical (unpaired) electrons. The van der Waals surface area contributed by atoms with Gasteiger partial charge in [0.15, 0.2) is 0 Å². The molecule has 12 rings (SSSR count). The number of hydrogen-bond donors (Lipinski definition) is 0. The summed E-state index contributed by atoms with van der Waals surface area (Å²) in [6.45, 7) is -4.85. The normalized spacial score (nSPS) is 11.6. The summed E-state index contributed by atoms with van der Waals surface area (Å²) in [4.78, 5) is 54.4. The van der Waals surface area contributed by atoms with Gasteiger partial charge in [0.2, 0.25) is 11.8 Å². The zero-order valence-electron chi connectivity index (χ0n) is 49.1. The van der Waals surface area contributed by atoms with Crippen LogP contribution in [0.15, 0.2) is 159 Å². The van der Waals surface area contributed by atoms with Gasteiger partial charge in [0.05, 0.1) is 81.6 Å². The Morgan fingerprint density at radius 3 is 1.31 bits per heavy atom. The van der Waals surface area contributed by atoms with E-state index in [1.165, 1.54) is 99.9 Å². The van der Waals surface area contributed by atoms with E-state index in [0.717, 1.165) is 24.3 Å². The number of aromatic nitrogens is 12. The van der Waals surface area contributed by atoms with Crippen molar-refractivity contribution < 1.29 is 68.4 Å². The van der Waals surface area contributed by atoms with Crippen molar-refractivity contribution in [3.05, 3.63) is 227 Å². The van der Waals surface area contributed by atoms with Gasteiger partial charge in [-0.25, -0.2) is 56.5 Å². The molecule has 0 saturated heterocycles. The fourth-order valence-corrected chi connectivity index (χ4v) is 10.2. The summed E-state index contributed by atoms with van der Waals surface area (Å²) in [6, 6.07) is 28.9. The van der Waals surface area contributed by atoms with E-state index >= 15 is 17.6 Å². The van der Waals surface area contributed by atoms with Crippen molar-refractivity contribution >= 4 is 34.0 Å². The minimum Gasteiger partial charge on any atom is -0.473 e. The summed E-state index contributed by atoms with van der Waals surface area (Å²) in [5, 5.41) is 7.26. The van der Waals surface area contributed by atoms with Crippen LogP contribution < -0.4 is 9.47 Å². The van der Waals surface area contributed by atoms with Gasteiger partial charge in [-0.2, -0.15) is 27.8 Å². The van der Waals surface area contributed by atoms with Crippen LogP contribution in [0.3, 0.4) is 0 Å². The Kier molecular flexibility index (Phi) is 18.2. The highest BCUT2D eigenvalue weighted by molar-refractivity contribution is 6.05. The minimum absolute atomic E-state index is 0.00623. The predicted molar refractivity (Wildman–Crippen MR) is 320 cm³/mol. The fourth-order valence-electron chi connectivity index (χ4n) is 10.2. The standard InChI is InChI=1S/C66H50F8N12O7/c1-89-19-17-83-57-23-39(11-15-55(57)79-59(83)25-41-21-49(69)45(27-47(41)67)53-5-3-7-61(81-53)91-35-37-9-13-51(75-29-37)43-31-77-85(33-43)65(71)72)63(87)93-64(88)40-12-16-56-58(24-40)84(18-20-90-2)60(80-56)26-42-22-50(70)46(28-48(42)68)54-6-4-8-62(82-54)92-36-38-10-14-52(76-30-38)44-32-78-86(34-44)66(73)74/h3-16,21-24,27-34,65-66H,17-20,25-26,35-36H2,1-2H3. The maximum atomic E-state index is 16.1. The number of carbonyl (C=O) groups excluding carboxylic acids is 2. The second kappa shape index (κ2) is 27.2. The van der Waals surface area contributed by atoms with Crippen LogP contribution in [-0.2, 0) is 53.4 Å². The van der Waals surface area contributed by atoms with E-state index in [4.69, 9.17) is 33.7 Å². The molecule has 0 saturated carbocycles. The monoisotopic (exact) mass is 1270 g/mol. The molecule has 12 aromatic rings. The van der Waals surface area contributed by atoms with Gasteiger partial charge in [-0.05, 0) is 96.1 Å². The molecule has 0 N–H and O–H groups in total. The second-order valence-electron chi connectivity index (χ2n) is 21.0. The third-order valence-corrected chi connectivity index (χ3v) is 14.9. The number of esters is 2. The molecule has 0 fully saturated rings. The van der Waals surface area contributed by atoms with Crippen LogP contribution >= 0.6 is 0 Å². The number of fused-ring (bicyclic) bond motifs is 2. The lowest BCUT2D eigenvalue weighted by Crippen LogP contribution is -2.14. The fraction of sp³-hybridized carbons (Fsp3) is 0.182. The van der Waals surface area contributed by atoms with Gasteiger partial charge in [-0.15, -0.1) is 0 Å². The van der Waals surface area contributed by atoms with Crippen LogP contribution in [0.25, 0.3) is 67.1 Å². The molecule has 0 amide bonds. The highest BCUT2D eigenvalue weighted by Gasteiger charge is 2.24. The molecule has 8 aromatic heterocycles. The highest BCUT2D eigenvalue weighted by atomic mass is 19.3. The molecule has 0 spiro atoms. The number of carbonyl (C=O) groups is 2. The van der Waals surface area contributed by atoms with Crippen LogP contribution in [0.4, 0.5) is 35.1 Å². The van der Waals surface area contributed by atoms with Crippen molar-refractivity contribution in [2.24, 2.45) is 0 Å². The van der Waals surface area contributed by atoms with Gasteiger partial charge in [0.1, 0.15) is 48.1 Å². The van der Waals surface area contributed by atoms with Crippen LogP contribution in [0, 0.1) is 23.3 Å². The summed E-state index contributed by atoms with van der Waals surface area (Å²) in [5.41, 5.74) is 4.32. The Bertz CT molecular complexity index is 4440. The number of nitrogens with zero attached hydrogens (tertiary/aromatic N) is 12. The molecule has 27 heteroatoms. The number of pyridine rings is 4. The maximum Gasteiger partial charge on any atom is 0.346 e. The third-order valence-electron chi connectivity index (χ3n) is 14.9. The van der Waals surface area contributed by atoms with E-state index in [9.17, 15) is 27.2 Å². The Balaban J connectivity index is 0.705. The number of methoxy groups -OCH3 is 2. The smallest absolute Gasteiger partial charge is 0.346 e. The average Bonchev–Trinajstić information content (AvgIpc) is 1.68. The highest BCUT2D eigenvalue weighted by Crippen LogP contribution is 2.32. The number of ether oxygens (including phenoxy) is 5. The molecule has 4 aromatic carbocycles. The van der Waals surface area contributed by atoms with Crippen LogP contribution in [-0.4, -0.2) is 98.0 Å². The molecule has 19 nitrogen and oxygen atoms in total. The van der Waals surface area contributed by atoms with E-state index in [1.54, 1.807) is 57.7 Å². The third kappa shape index (κ3) is 13.8. The SMILES string of the molecule is COCCn1c(Cc2cc(F)c(-c3cccc(OCc4ccc(-c5cnn(C(F)F)c5)nc4)n3)cc2F)nc2ccc(C(=O)OC(=O)c3ccc4nc(Cc5cc(F)c(-c6cccc(OCc7ccc(-c8cnn(C(F)F)c8)nc7)n6)cc5F)n(CCOC)c4c3)cc21. The maximum absolute atomic E-state index is 16.1. The first-order valence-electron chi connectivity index (χ1n) is 28.5. The lowest BCUT2D eigenvalue weighted by molar-refractivity contribution is 0.0397. The summed E-state index contributed by atoms with van der Waals surface area (Å²) in [6.07, 6.45) is 7.57. The molecule has 472 valence electrons. The van der Waals surface area contributed by atoms with Gasteiger partial charge < -0.3 is 32.8 Å². The van der Waals surface area contributed by atoms with Crippen molar-refractivity contribution in [1.29, 1.82) is 0 Å². The van der Waals surface area contributed by atoms with Crippen LogP contribution in [0.1, 0.15) is 67.7 Å². The number of rotatable bonds is 24. The van der Waals surface area contributed by atoms with Gasteiger partial charge >= 0.3 is 25.0 Å². The summed E-state index contributed by atoms with van der Waals surface area (Å²) in [5.74, 6) is -4.22. The summed E-state index contributed by atoms with van der Waals surface area (Å²) >= 11 is 0. The molecule has 0 aliphatic carbocycles. The first kappa shape index (κ1) is 62.1. The molecule has 0 unspecified atom stereocenters. The van der Waals surface area contributed by atoms with E-state index in [1.807, 2.05) is 0 Å². The zero-order valence-corrected chi connectivity index (χ0v) is 49.1. The quantitative estimate of drug-likeness (QED) is 0.0314. The second-order valence-corrected chi connectivity index (χ2v) is 21.0. The van der Waals surface area contributed by atoms with Gasteiger partial charge in [-0.1, -0.05) is 24.3 Å². The topological polar surface area (TPSA) is 203 Å². The molecule has 8 heterocycles. The Morgan fingerprint density at radius 2 is 0.925 bits per heavy atom. The van der Waals surface area contributed by atoms with Crippen LogP contribution in [0.2, 0.25) is 0 Å². The lowest BCUT2D eigenvalue weighted by atomic mass is 10.0. The van der Waals surface area contributed by atoms with E-state index in [0.29, 0.717) is 76.7 Å². The van der Waals surface area contributed by atoms with Gasteiger partial charge in [0.25, 0.3) is 0 Å². The van der Waals surface area contributed by atoms with E-state index in [-0.39, 0.29) is 109 Å². The number of benzene rings is 4. The van der Waals surface area contributed by atoms with Crippen molar-refractivity contribution in [2.75, 3.05) is 27.4 Å². The Labute approximate surface area is 522 Å². The Hall–Kier alpha value is -11.1. The van der Waals surface area contributed by atoms with Gasteiger partial charge in [-0.3, -0.25) is 9.97 Å². The number of imidazole rings is 2. The average molecular weight is 1280 g/mol. The van der Waals surface area contributed by atoms with E-state index in [2.05, 4.69) is 30.1 Å². The van der Waals surface area contributed by atoms with Crippen LogP contribution in [0.5, 0.6) is 11.8 Å².